The van der Waals surface area contributed by atoms with Gasteiger partial charge in [-0.3, -0.25) is 9.89 Å². The van der Waals surface area contributed by atoms with Crippen molar-refractivity contribution in [3.8, 4) is 5.75 Å². The molecule has 2 N–H and O–H groups in total. The third kappa shape index (κ3) is 6.04. The van der Waals surface area contributed by atoms with Crippen molar-refractivity contribution in [2.45, 2.75) is 32.4 Å². The van der Waals surface area contributed by atoms with Gasteiger partial charge in [-0.25, -0.2) is 0 Å². The minimum atomic E-state index is 0.420. The number of ether oxygens (including phenoxy) is 2. The molecule has 146 valence electrons. The van der Waals surface area contributed by atoms with E-state index >= 15 is 0 Å². The molecule has 0 saturated carbocycles. The third-order valence-electron chi connectivity index (χ3n) is 4.72. The molecule has 0 aromatic heterocycles. The number of rotatable bonds is 7. The Hall–Kier alpha value is -1.50. The van der Waals surface area contributed by atoms with Gasteiger partial charge in [0.25, 0.3) is 0 Å². The maximum Gasteiger partial charge on any atom is 0.191 e. The van der Waals surface area contributed by atoms with Crippen LogP contribution in [0.15, 0.2) is 23.2 Å². The molecular formula is C19H31ClN4O2. The van der Waals surface area contributed by atoms with Gasteiger partial charge >= 0.3 is 0 Å². The first-order valence-electron chi connectivity index (χ1n) is 9.15. The van der Waals surface area contributed by atoms with Gasteiger partial charge in [0.1, 0.15) is 5.75 Å². The average Bonchev–Trinajstić information content (AvgIpc) is 2.65. The second-order valence-electron chi connectivity index (χ2n) is 6.60. The topological polar surface area (TPSA) is 58.1 Å². The molecule has 1 aromatic rings. The SMILES string of the molecule is CN=C(NCCc1ccc(OC)cc1Cl)NCC(C)N1CCOCC1C. The molecule has 1 aliphatic rings. The number of nitrogens with one attached hydrogen (secondary N) is 2. The van der Waals surface area contributed by atoms with E-state index in [1.54, 1.807) is 14.2 Å². The Morgan fingerprint density at radius 1 is 1.46 bits per heavy atom. The van der Waals surface area contributed by atoms with Crippen molar-refractivity contribution in [2.24, 2.45) is 4.99 Å². The summed E-state index contributed by atoms with van der Waals surface area (Å²) in [4.78, 5) is 6.78. The molecule has 1 saturated heterocycles. The van der Waals surface area contributed by atoms with Crippen molar-refractivity contribution < 1.29 is 9.47 Å². The van der Waals surface area contributed by atoms with Crippen molar-refractivity contribution in [2.75, 3.05) is 47.0 Å². The second-order valence-corrected chi connectivity index (χ2v) is 7.01. The number of hydrogen-bond donors (Lipinski definition) is 2. The van der Waals surface area contributed by atoms with E-state index in [0.717, 1.165) is 61.6 Å². The predicted octanol–water partition coefficient (Wildman–Crippen LogP) is 2.17. The number of hydrogen-bond acceptors (Lipinski definition) is 4. The Balaban J connectivity index is 1.75. The molecule has 7 heteroatoms. The number of halogens is 1. The van der Waals surface area contributed by atoms with Crippen LogP contribution in [0.1, 0.15) is 19.4 Å². The summed E-state index contributed by atoms with van der Waals surface area (Å²) in [5.74, 6) is 1.58. The van der Waals surface area contributed by atoms with E-state index in [9.17, 15) is 0 Å². The van der Waals surface area contributed by atoms with Crippen LogP contribution in [0.2, 0.25) is 5.02 Å². The van der Waals surface area contributed by atoms with E-state index in [2.05, 4.69) is 34.4 Å². The maximum absolute atomic E-state index is 6.29. The van der Waals surface area contributed by atoms with Crippen LogP contribution in [-0.2, 0) is 11.2 Å². The number of aliphatic imine (C=N–C) groups is 1. The van der Waals surface area contributed by atoms with Crippen LogP contribution >= 0.6 is 11.6 Å². The first-order chi connectivity index (χ1) is 12.5. The molecule has 6 nitrogen and oxygen atoms in total. The smallest absolute Gasteiger partial charge is 0.191 e. The summed E-state index contributed by atoms with van der Waals surface area (Å²) in [5.41, 5.74) is 1.09. The van der Waals surface area contributed by atoms with E-state index in [4.69, 9.17) is 21.1 Å². The minimum Gasteiger partial charge on any atom is -0.497 e. The van der Waals surface area contributed by atoms with E-state index in [-0.39, 0.29) is 0 Å². The van der Waals surface area contributed by atoms with Gasteiger partial charge in [0.2, 0.25) is 0 Å². The van der Waals surface area contributed by atoms with Crippen molar-refractivity contribution >= 4 is 17.6 Å². The summed E-state index contributed by atoms with van der Waals surface area (Å²) in [5, 5.41) is 7.48. The summed E-state index contributed by atoms with van der Waals surface area (Å²) >= 11 is 6.29. The number of guanidine groups is 1. The Labute approximate surface area is 161 Å². The van der Waals surface area contributed by atoms with Crippen LogP contribution in [0, 0.1) is 0 Å². The molecule has 2 rings (SSSR count). The molecule has 1 aromatic carbocycles. The van der Waals surface area contributed by atoms with E-state index in [0.29, 0.717) is 12.1 Å². The Morgan fingerprint density at radius 2 is 2.27 bits per heavy atom. The van der Waals surface area contributed by atoms with Gasteiger partial charge in [0.15, 0.2) is 5.96 Å². The summed E-state index contributed by atoms with van der Waals surface area (Å²) in [6, 6.07) is 6.64. The standard InChI is InChI=1S/C19H31ClN4O2/c1-14(24-9-10-26-13-15(24)2)12-23-19(21-3)22-8-7-16-5-6-17(25-4)11-18(16)20/h5-6,11,14-15H,7-10,12-13H2,1-4H3,(H2,21,22,23). The number of benzene rings is 1. The highest BCUT2D eigenvalue weighted by atomic mass is 35.5. The van der Waals surface area contributed by atoms with Gasteiger partial charge in [-0.1, -0.05) is 17.7 Å². The zero-order valence-corrected chi connectivity index (χ0v) is 17.0. The largest absolute Gasteiger partial charge is 0.497 e. The van der Waals surface area contributed by atoms with E-state index < -0.39 is 0 Å². The zero-order chi connectivity index (χ0) is 18.9. The van der Waals surface area contributed by atoms with Crippen LogP contribution < -0.4 is 15.4 Å². The van der Waals surface area contributed by atoms with Crippen molar-refractivity contribution in [3.05, 3.63) is 28.8 Å². The number of methoxy groups -OCH3 is 1. The van der Waals surface area contributed by atoms with Gasteiger partial charge in [0.05, 0.1) is 20.3 Å². The van der Waals surface area contributed by atoms with E-state index in [1.807, 2.05) is 18.2 Å². The van der Waals surface area contributed by atoms with Crippen LogP contribution in [0.3, 0.4) is 0 Å². The van der Waals surface area contributed by atoms with Crippen molar-refractivity contribution in [1.82, 2.24) is 15.5 Å². The summed E-state index contributed by atoms with van der Waals surface area (Å²) in [6.07, 6.45) is 0.819. The Kier molecular flexibility index (Phi) is 8.48. The second kappa shape index (κ2) is 10.6. The molecule has 2 atom stereocenters. The molecule has 0 aliphatic carbocycles. The lowest BCUT2D eigenvalue weighted by Gasteiger charge is -2.38. The summed E-state index contributed by atoms with van der Waals surface area (Å²) in [7, 11) is 3.43. The van der Waals surface area contributed by atoms with Crippen LogP contribution in [0.5, 0.6) is 5.75 Å². The molecule has 0 radical (unpaired) electrons. The maximum atomic E-state index is 6.29. The summed E-state index contributed by atoms with van der Waals surface area (Å²) in [6.45, 7) is 8.64. The number of morpholine rings is 1. The number of nitrogens with zero attached hydrogens (tertiary/aromatic N) is 2. The first-order valence-corrected chi connectivity index (χ1v) is 9.53. The van der Waals surface area contributed by atoms with Crippen molar-refractivity contribution in [3.63, 3.8) is 0 Å². The Bertz CT molecular complexity index is 597. The fraction of sp³-hybridized carbons (Fsp3) is 0.632. The molecule has 0 spiro atoms. The molecule has 1 heterocycles. The molecule has 1 aliphatic heterocycles. The minimum absolute atomic E-state index is 0.420. The lowest BCUT2D eigenvalue weighted by molar-refractivity contribution is -0.0174. The van der Waals surface area contributed by atoms with Gasteiger partial charge in [-0.15, -0.1) is 0 Å². The molecule has 0 bridgehead atoms. The fourth-order valence-electron chi connectivity index (χ4n) is 3.15. The molecule has 26 heavy (non-hydrogen) atoms. The highest BCUT2D eigenvalue weighted by molar-refractivity contribution is 6.31. The quantitative estimate of drug-likeness (QED) is 0.559. The molecule has 2 unspecified atom stereocenters. The normalized spacial score (nSPS) is 19.9. The van der Waals surface area contributed by atoms with Gasteiger partial charge in [-0.05, 0) is 38.0 Å². The Morgan fingerprint density at radius 3 is 2.92 bits per heavy atom. The highest BCUT2D eigenvalue weighted by Crippen LogP contribution is 2.22. The lowest BCUT2D eigenvalue weighted by atomic mass is 10.1. The van der Waals surface area contributed by atoms with Crippen LogP contribution in [-0.4, -0.2) is 69.9 Å². The monoisotopic (exact) mass is 382 g/mol. The molecular weight excluding hydrogens is 352 g/mol. The predicted molar refractivity (Wildman–Crippen MR) is 108 cm³/mol. The fourth-order valence-corrected chi connectivity index (χ4v) is 3.42. The van der Waals surface area contributed by atoms with Gasteiger partial charge in [-0.2, -0.15) is 0 Å². The molecule has 1 fully saturated rings. The molecule has 0 amide bonds. The lowest BCUT2D eigenvalue weighted by Crippen LogP contribution is -2.53. The highest BCUT2D eigenvalue weighted by Gasteiger charge is 2.23. The van der Waals surface area contributed by atoms with E-state index in [1.165, 1.54) is 0 Å². The van der Waals surface area contributed by atoms with Gasteiger partial charge < -0.3 is 20.1 Å². The van der Waals surface area contributed by atoms with Crippen LogP contribution in [0.25, 0.3) is 0 Å². The van der Waals surface area contributed by atoms with Gasteiger partial charge in [0, 0.05) is 43.8 Å². The van der Waals surface area contributed by atoms with Crippen LogP contribution in [0.4, 0.5) is 0 Å². The third-order valence-corrected chi connectivity index (χ3v) is 5.07. The summed E-state index contributed by atoms with van der Waals surface area (Å²) < 4.78 is 10.7. The van der Waals surface area contributed by atoms with Crippen molar-refractivity contribution in [1.29, 1.82) is 0 Å². The average molecular weight is 383 g/mol. The first kappa shape index (κ1) is 20.8. The zero-order valence-electron chi connectivity index (χ0n) is 16.2.